The molecule has 0 aliphatic rings. The molecule has 2 heterocycles. The molecule has 3 aromatic carbocycles. The van der Waals surface area contributed by atoms with Gasteiger partial charge in [-0.1, -0.05) is 54.6 Å². The average molecular weight is 392 g/mol. The van der Waals surface area contributed by atoms with E-state index < -0.39 is 0 Å². The van der Waals surface area contributed by atoms with Gasteiger partial charge in [0.15, 0.2) is 5.65 Å². The van der Waals surface area contributed by atoms with Crippen molar-refractivity contribution in [3.05, 3.63) is 95.8 Å². The smallest absolute Gasteiger partial charge is 0.256 e. The van der Waals surface area contributed by atoms with Crippen LogP contribution in [0.5, 0.6) is 0 Å². The van der Waals surface area contributed by atoms with Crippen LogP contribution in [0.1, 0.15) is 21.7 Å². The van der Waals surface area contributed by atoms with Gasteiger partial charge in [-0.3, -0.25) is 4.79 Å². The maximum absolute atomic E-state index is 13.3. The molecule has 1 N–H and O–H groups in total. The molecule has 146 valence electrons. The lowest BCUT2D eigenvalue weighted by Gasteiger charge is -2.10. The van der Waals surface area contributed by atoms with Gasteiger partial charge in [-0.15, -0.1) is 0 Å². The Bertz CT molecular complexity index is 1400. The van der Waals surface area contributed by atoms with Gasteiger partial charge in [-0.05, 0) is 43.5 Å². The first-order valence-corrected chi connectivity index (χ1v) is 9.83. The minimum absolute atomic E-state index is 0.169. The molecule has 0 saturated carbocycles. The minimum Gasteiger partial charge on any atom is -0.321 e. The molecule has 0 aliphatic carbocycles. The van der Waals surface area contributed by atoms with Crippen LogP contribution in [-0.2, 0) is 0 Å². The summed E-state index contributed by atoms with van der Waals surface area (Å²) in [6.07, 6.45) is 0. The van der Waals surface area contributed by atoms with E-state index in [1.165, 1.54) is 0 Å². The number of carbonyl (C=O) groups excluding carboxylic acids is 1. The number of anilines is 1. The predicted octanol–water partition coefficient (Wildman–Crippen LogP) is 5.44. The molecule has 0 fully saturated rings. The number of aryl methyl sites for hydroxylation is 2. The Hall–Kier alpha value is -3.99. The molecule has 0 bridgehead atoms. The summed E-state index contributed by atoms with van der Waals surface area (Å²) in [5.41, 5.74) is 4.49. The van der Waals surface area contributed by atoms with Crippen molar-refractivity contribution >= 4 is 33.4 Å². The van der Waals surface area contributed by atoms with E-state index >= 15 is 0 Å². The first-order valence-electron chi connectivity index (χ1n) is 9.83. The predicted molar refractivity (Wildman–Crippen MR) is 120 cm³/mol. The van der Waals surface area contributed by atoms with Crippen LogP contribution in [0.4, 0.5) is 5.69 Å². The van der Waals surface area contributed by atoms with E-state index in [2.05, 4.69) is 10.4 Å². The molecule has 0 aliphatic heterocycles. The van der Waals surface area contributed by atoms with E-state index in [4.69, 9.17) is 4.98 Å². The lowest BCUT2D eigenvalue weighted by molar-refractivity contribution is 0.102. The zero-order valence-electron chi connectivity index (χ0n) is 16.8. The van der Waals surface area contributed by atoms with Crippen molar-refractivity contribution in [2.45, 2.75) is 13.8 Å². The van der Waals surface area contributed by atoms with Crippen LogP contribution in [0.25, 0.3) is 27.5 Å². The first-order chi connectivity index (χ1) is 14.6. The van der Waals surface area contributed by atoms with Gasteiger partial charge >= 0.3 is 0 Å². The largest absolute Gasteiger partial charge is 0.321 e. The van der Waals surface area contributed by atoms with Crippen LogP contribution in [0, 0.1) is 13.8 Å². The summed E-state index contributed by atoms with van der Waals surface area (Å²) in [4.78, 5) is 18.0. The summed E-state index contributed by atoms with van der Waals surface area (Å²) >= 11 is 0. The number of hydrogen-bond donors (Lipinski definition) is 1. The lowest BCUT2D eigenvalue weighted by atomic mass is 10.1. The van der Waals surface area contributed by atoms with E-state index in [9.17, 15) is 4.79 Å². The number of nitrogens with zero attached hydrogens (tertiary/aromatic N) is 3. The van der Waals surface area contributed by atoms with Crippen LogP contribution in [0.2, 0.25) is 0 Å². The fourth-order valence-electron chi connectivity index (χ4n) is 3.87. The van der Waals surface area contributed by atoms with Gasteiger partial charge in [0.25, 0.3) is 5.91 Å². The maximum atomic E-state index is 13.3. The van der Waals surface area contributed by atoms with Crippen molar-refractivity contribution in [1.82, 2.24) is 14.8 Å². The molecule has 1 amide bonds. The van der Waals surface area contributed by atoms with Crippen molar-refractivity contribution in [1.29, 1.82) is 0 Å². The van der Waals surface area contributed by atoms with E-state index in [0.717, 1.165) is 38.9 Å². The number of aromatic nitrogens is 3. The second kappa shape index (κ2) is 7.12. The Morgan fingerprint density at radius 1 is 0.900 bits per heavy atom. The second-order valence-corrected chi connectivity index (χ2v) is 7.32. The van der Waals surface area contributed by atoms with E-state index in [1.54, 1.807) is 4.68 Å². The van der Waals surface area contributed by atoms with Gasteiger partial charge in [-0.25, -0.2) is 9.67 Å². The number of rotatable bonds is 3. The van der Waals surface area contributed by atoms with Crippen molar-refractivity contribution in [3.63, 3.8) is 0 Å². The standard InChI is InChI=1S/C25H20N4O/c1-16-15-21(25(30)27-22-14-8-10-18-9-6-7-13-20(18)22)23-17(2)28-29(24(23)26-16)19-11-4-3-5-12-19/h3-15H,1-2H3,(H,27,30). The minimum atomic E-state index is -0.169. The summed E-state index contributed by atoms with van der Waals surface area (Å²) in [5, 5.41) is 10.6. The summed E-state index contributed by atoms with van der Waals surface area (Å²) in [6.45, 7) is 3.80. The number of fused-ring (bicyclic) bond motifs is 2. The molecule has 5 aromatic rings. The van der Waals surface area contributed by atoms with E-state index in [-0.39, 0.29) is 5.91 Å². The number of para-hydroxylation sites is 1. The average Bonchev–Trinajstić information content (AvgIpc) is 3.10. The summed E-state index contributed by atoms with van der Waals surface area (Å²) in [5.74, 6) is -0.169. The fourth-order valence-corrected chi connectivity index (χ4v) is 3.87. The molecule has 5 rings (SSSR count). The highest BCUT2D eigenvalue weighted by atomic mass is 16.1. The molecule has 30 heavy (non-hydrogen) atoms. The van der Waals surface area contributed by atoms with Crippen molar-refractivity contribution in [3.8, 4) is 5.69 Å². The van der Waals surface area contributed by atoms with Gasteiger partial charge in [0.1, 0.15) is 0 Å². The molecular formula is C25H20N4O. The van der Waals surface area contributed by atoms with Crippen LogP contribution in [0.15, 0.2) is 78.9 Å². The van der Waals surface area contributed by atoms with Gasteiger partial charge in [0.2, 0.25) is 0 Å². The van der Waals surface area contributed by atoms with Crippen molar-refractivity contribution < 1.29 is 4.79 Å². The van der Waals surface area contributed by atoms with Crippen LogP contribution < -0.4 is 5.32 Å². The quantitative estimate of drug-likeness (QED) is 0.445. The third-order valence-corrected chi connectivity index (χ3v) is 5.22. The topological polar surface area (TPSA) is 59.8 Å². The highest BCUT2D eigenvalue weighted by Gasteiger charge is 2.20. The van der Waals surface area contributed by atoms with Crippen LogP contribution in [0.3, 0.4) is 0 Å². The number of pyridine rings is 1. The Kier molecular flexibility index (Phi) is 4.29. The van der Waals surface area contributed by atoms with Crippen LogP contribution in [-0.4, -0.2) is 20.7 Å². The SMILES string of the molecule is Cc1cc(C(=O)Nc2cccc3ccccc23)c2c(C)nn(-c3ccccc3)c2n1. The number of hydrogen-bond acceptors (Lipinski definition) is 3. The highest BCUT2D eigenvalue weighted by molar-refractivity contribution is 6.15. The third kappa shape index (κ3) is 3.01. The number of amides is 1. The van der Waals surface area contributed by atoms with Crippen molar-refractivity contribution in [2.75, 3.05) is 5.32 Å². The summed E-state index contributed by atoms with van der Waals surface area (Å²) < 4.78 is 1.80. The van der Waals surface area contributed by atoms with Gasteiger partial charge in [-0.2, -0.15) is 5.10 Å². The number of nitrogens with one attached hydrogen (secondary N) is 1. The molecule has 0 unspecified atom stereocenters. The molecule has 0 saturated heterocycles. The molecular weight excluding hydrogens is 372 g/mol. The zero-order chi connectivity index (χ0) is 20.7. The van der Waals surface area contributed by atoms with Crippen molar-refractivity contribution in [2.24, 2.45) is 0 Å². The molecule has 0 radical (unpaired) electrons. The summed E-state index contributed by atoms with van der Waals surface area (Å²) in [7, 11) is 0. The fraction of sp³-hybridized carbons (Fsp3) is 0.0800. The Morgan fingerprint density at radius 3 is 2.47 bits per heavy atom. The third-order valence-electron chi connectivity index (χ3n) is 5.22. The van der Waals surface area contributed by atoms with Crippen LogP contribution >= 0.6 is 0 Å². The van der Waals surface area contributed by atoms with E-state index in [0.29, 0.717) is 11.2 Å². The molecule has 0 spiro atoms. The van der Waals surface area contributed by atoms with Gasteiger partial charge in [0, 0.05) is 16.8 Å². The lowest BCUT2D eigenvalue weighted by Crippen LogP contribution is -2.13. The Balaban J connectivity index is 1.64. The zero-order valence-corrected chi connectivity index (χ0v) is 16.8. The number of carbonyl (C=O) groups is 1. The highest BCUT2D eigenvalue weighted by Crippen LogP contribution is 2.27. The van der Waals surface area contributed by atoms with Gasteiger partial charge in [0.05, 0.1) is 22.3 Å². The monoisotopic (exact) mass is 392 g/mol. The maximum Gasteiger partial charge on any atom is 0.256 e. The van der Waals surface area contributed by atoms with E-state index in [1.807, 2.05) is 92.7 Å². The normalized spacial score (nSPS) is 11.1. The molecule has 5 heteroatoms. The van der Waals surface area contributed by atoms with Gasteiger partial charge < -0.3 is 5.32 Å². The molecule has 0 atom stereocenters. The molecule has 5 nitrogen and oxygen atoms in total. The Morgan fingerprint density at radius 2 is 1.63 bits per heavy atom. The Labute approximate surface area is 174 Å². The molecule has 2 aromatic heterocycles. The number of benzene rings is 3. The second-order valence-electron chi connectivity index (χ2n) is 7.32. The first kappa shape index (κ1) is 18.1. The summed E-state index contributed by atoms with van der Waals surface area (Å²) in [6, 6.07) is 25.6.